The van der Waals surface area contributed by atoms with Gasteiger partial charge in [-0.3, -0.25) is 4.79 Å². The number of ether oxygens (including phenoxy) is 1. The SMILES string of the molecule is CCC(C)[C@H](NC(=O)c1ccc(Br)cc1-c1cccc2ccccc12)C(=O)OC. The van der Waals surface area contributed by atoms with Crippen molar-refractivity contribution in [2.45, 2.75) is 26.3 Å². The van der Waals surface area contributed by atoms with Gasteiger partial charge in [-0.2, -0.15) is 0 Å². The summed E-state index contributed by atoms with van der Waals surface area (Å²) in [5.41, 5.74) is 2.29. The Kier molecular flexibility index (Phi) is 6.70. The Labute approximate surface area is 179 Å². The second-order valence-electron chi connectivity index (χ2n) is 7.08. The van der Waals surface area contributed by atoms with E-state index in [4.69, 9.17) is 4.74 Å². The number of fused-ring (bicyclic) bond motifs is 1. The van der Waals surface area contributed by atoms with Crippen molar-refractivity contribution in [1.82, 2.24) is 5.32 Å². The van der Waals surface area contributed by atoms with Gasteiger partial charge in [0.1, 0.15) is 6.04 Å². The molecule has 1 N–H and O–H groups in total. The van der Waals surface area contributed by atoms with E-state index in [2.05, 4.69) is 21.2 Å². The lowest BCUT2D eigenvalue weighted by Crippen LogP contribution is -2.45. The minimum absolute atomic E-state index is 0.0390. The second kappa shape index (κ2) is 9.23. The Morgan fingerprint density at radius 2 is 1.76 bits per heavy atom. The number of rotatable bonds is 6. The second-order valence-corrected chi connectivity index (χ2v) is 7.99. The molecule has 0 aliphatic rings. The molecule has 2 atom stereocenters. The first kappa shape index (κ1) is 21.1. The van der Waals surface area contributed by atoms with Crippen LogP contribution in [0.2, 0.25) is 0 Å². The molecule has 0 aliphatic heterocycles. The lowest BCUT2D eigenvalue weighted by atomic mass is 9.93. The Balaban J connectivity index is 2.07. The van der Waals surface area contributed by atoms with Crippen LogP contribution in [0.5, 0.6) is 0 Å². The van der Waals surface area contributed by atoms with E-state index >= 15 is 0 Å². The van der Waals surface area contributed by atoms with Gasteiger partial charge in [-0.15, -0.1) is 0 Å². The Hall–Kier alpha value is -2.66. The fourth-order valence-corrected chi connectivity index (χ4v) is 3.77. The number of halogens is 1. The molecule has 29 heavy (non-hydrogen) atoms. The third-order valence-electron chi connectivity index (χ3n) is 5.26. The van der Waals surface area contributed by atoms with Gasteiger partial charge in [0.25, 0.3) is 5.91 Å². The molecule has 0 spiro atoms. The van der Waals surface area contributed by atoms with E-state index < -0.39 is 12.0 Å². The van der Waals surface area contributed by atoms with Gasteiger partial charge in [0, 0.05) is 10.0 Å². The van der Waals surface area contributed by atoms with Crippen molar-refractivity contribution >= 4 is 38.6 Å². The number of esters is 1. The van der Waals surface area contributed by atoms with Crippen molar-refractivity contribution in [2.75, 3.05) is 7.11 Å². The van der Waals surface area contributed by atoms with E-state index in [1.54, 1.807) is 6.07 Å². The number of carbonyl (C=O) groups is 2. The normalized spacial score (nSPS) is 13.0. The van der Waals surface area contributed by atoms with Gasteiger partial charge in [0.2, 0.25) is 0 Å². The Morgan fingerprint density at radius 1 is 1.03 bits per heavy atom. The predicted molar refractivity (Wildman–Crippen MR) is 120 cm³/mol. The van der Waals surface area contributed by atoms with E-state index in [0.717, 1.165) is 32.8 Å². The highest BCUT2D eigenvalue weighted by Gasteiger charge is 2.28. The van der Waals surface area contributed by atoms with Crippen LogP contribution in [0.3, 0.4) is 0 Å². The number of methoxy groups -OCH3 is 1. The Bertz CT molecular complexity index is 1040. The van der Waals surface area contributed by atoms with Crippen molar-refractivity contribution in [3.05, 3.63) is 70.7 Å². The molecule has 4 nitrogen and oxygen atoms in total. The zero-order chi connectivity index (χ0) is 21.0. The standard InChI is InChI=1S/C24H24BrNO3/c1-4-15(2)22(24(28)29-3)26-23(27)20-13-12-17(25)14-21(20)19-11-7-9-16-8-5-6-10-18(16)19/h5-15,22H,4H2,1-3H3,(H,26,27)/t15?,22-/m0/s1. The minimum Gasteiger partial charge on any atom is -0.467 e. The minimum atomic E-state index is -0.693. The van der Waals surface area contributed by atoms with Gasteiger partial charge in [-0.1, -0.05) is 78.7 Å². The summed E-state index contributed by atoms with van der Waals surface area (Å²) in [5.74, 6) is -0.768. The molecule has 150 valence electrons. The summed E-state index contributed by atoms with van der Waals surface area (Å²) in [5, 5.41) is 5.05. The summed E-state index contributed by atoms with van der Waals surface area (Å²) in [6.45, 7) is 3.91. The van der Waals surface area contributed by atoms with Crippen LogP contribution >= 0.6 is 15.9 Å². The lowest BCUT2D eigenvalue weighted by molar-refractivity contribution is -0.144. The molecule has 3 aromatic rings. The van der Waals surface area contributed by atoms with Gasteiger partial charge in [0.05, 0.1) is 7.11 Å². The average Bonchev–Trinajstić information content (AvgIpc) is 2.75. The summed E-state index contributed by atoms with van der Waals surface area (Å²) in [4.78, 5) is 25.4. The van der Waals surface area contributed by atoms with Crippen LogP contribution in [0, 0.1) is 5.92 Å². The summed E-state index contributed by atoms with van der Waals surface area (Å²) >= 11 is 3.52. The summed E-state index contributed by atoms with van der Waals surface area (Å²) in [7, 11) is 1.34. The molecule has 0 saturated carbocycles. The first-order valence-corrected chi connectivity index (χ1v) is 10.4. The molecule has 0 radical (unpaired) electrons. The molecule has 0 aliphatic carbocycles. The van der Waals surface area contributed by atoms with Crippen LogP contribution in [-0.4, -0.2) is 25.0 Å². The highest BCUT2D eigenvalue weighted by molar-refractivity contribution is 9.10. The van der Waals surface area contributed by atoms with Gasteiger partial charge in [-0.25, -0.2) is 4.79 Å². The lowest BCUT2D eigenvalue weighted by Gasteiger charge is -2.22. The smallest absolute Gasteiger partial charge is 0.328 e. The molecule has 0 aromatic heterocycles. The Morgan fingerprint density at radius 3 is 2.48 bits per heavy atom. The quantitative estimate of drug-likeness (QED) is 0.495. The van der Waals surface area contributed by atoms with Gasteiger partial charge >= 0.3 is 5.97 Å². The molecule has 1 amide bonds. The van der Waals surface area contributed by atoms with E-state index in [9.17, 15) is 9.59 Å². The molecule has 5 heteroatoms. The first-order chi connectivity index (χ1) is 14.0. The number of carbonyl (C=O) groups excluding carboxylic acids is 2. The third-order valence-corrected chi connectivity index (χ3v) is 5.75. The van der Waals surface area contributed by atoms with Crippen LogP contribution in [-0.2, 0) is 9.53 Å². The number of hydrogen-bond donors (Lipinski definition) is 1. The zero-order valence-corrected chi connectivity index (χ0v) is 18.3. The largest absolute Gasteiger partial charge is 0.467 e. The van der Waals surface area contributed by atoms with Gasteiger partial charge in [-0.05, 0) is 46.0 Å². The molecule has 0 saturated heterocycles. The average molecular weight is 454 g/mol. The van der Waals surface area contributed by atoms with E-state index in [-0.39, 0.29) is 11.8 Å². The van der Waals surface area contributed by atoms with Crippen LogP contribution in [0.4, 0.5) is 0 Å². The number of benzene rings is 3. The van der Waals surface area contributed by atoms with Crippen LogP contribution in [0.1, 0.15) is 30.6 Å². The van der Waals surface area contributed by atoms with E-state index in [1.165, 1.54) is 7.11 Å². The molecule has 0 heterocycles. The fourth-order valence-electron chi connectivity index (χ4n) is 3.41. The highest BCUT2D eigenvalue weighted by Crippen LogP contribution is 2.33. The van der Waals surface area contributed by atoms with Crippen molar-refractivity contribution in [3.8, 4) is 11.1 Å². The highest BCUT2D eigenvalue weighted by atomic mass is 79.9. The van der Waals surface area contributed by atoms with Crippen LogP contribution < -0.4 is 5.32 Å². The molecule has 1 unspecified atom stereocenters. The summed E-state index contributed by atoms with van der Waals surface area (Å²) < 4.78 is 5.78. The maximum atomic E-state index is 13.2. The number of amides is 1. The van der Waals surface area contributed by atoms with Gasteiger partial charge in [0.15, 0.2) is 0 Å². The number of hydrogen-bond acceptors (Lipinski definition) is 3. The van der Waals surface area contributed by atoms with Crippen molar-refractivity contribution < 1.29 is 14.3 Å². The molecular weight excluding hydrogens is 430 g/mol. The summed E-state index contributed by atoms with van der Waals surface area (Å²) in [6.07, 6.45) is 0.747. The first-order valence-electron chi connectivity index (χ1n) is 9.62. The van der Waals surface area contributed by atoms with E-state index in [0.29, 0.717) is 5.56 Å². The van der Waals surface area contributed by atoms with Gasteiger partial charge < -0.3 is 10.1 Å². The molecule has 3 aromatic carbocycles. The number of nitrogens with one attached hydrogen (secondary N) is 1. The molecular formula is C24H24BrNO3. The van der Waals surface area contributed by atoms with Crippen molar-refractivity contribution in [1.29, 1.82) is 0 Å². The van der Waals surface area contributed by atoms with Crippen LogP contribution in [0.25, 0.3) is 21.9 Å². The van der Waals surface area contributed by atoms with E-state index in [1.807, 2.05) is 68.4 Å². The zero-order valence-electron chi connectivity index (χ0n) is 16.7. The maximum absolute atomic E-state index is 13.2. The fraction of sp³-hybridized carbons (Fsp3) is 0.250. The molecule has 0 bridgehead atoms. The van der Waals surface area contributed by atoms with Crippen LogP contribution in [0.15, 0.2) is 65.1 Å². The maximum Gasteiger partial charge on any atom is 0.328 e. The predicted octanol–water partition coefficient (Wildman–Crippen LogP) is 5.59. The topological polar surface area (TPSA) is 55.4 Å². The van der Waals surface area contributed by atoms with Crippen molar-refractivity contribution in [2.24, 2.45) is 5.92 Å². The summed E-state index contributed by atoms with van der Waals surface area (Å²) in [6, 6.07) is 19.0. The molecule has 3 rings (SSSR count). The van der Waals surface area contributed by atoms with Crippen molar-refractivity contribution in [3.63, 3.8) is 0 Å². The third kappa shape index (κ3) is 4.51. The molecule has 0 fully saturated rings. The monoisotopic (exact) mass is 453 g/mol.